The summed E-state index contributed by atoms with van der Waals surface area (Å²) in [5.41, 5.74) is 11.4. The summed E-state index contributed by atoms with van der Waals surface area (Å²) in [6, 6.07) is 40.7. The van der Waals surface area contributed by atoms with Gasteiger partial charge in [-0.25, -0.2) is 0 Å². The van der Waals surface area contributed by atoms with E-state index in [-0.39, 0.29) is 35.7 Å². The Morgan fingerprint density at radius 1 is 0.673 bits per heavy atom. The van der Waals surface area contributed by atoms with Gasteiger partial charge in [0.15, 0.2) is 0 Å². The zero-order valence-electron chi connectivity index (χ0n) is 31.2. The summed E-state index contributed by atoms with van der Waals surface area (Å²) >= 11 is 1.74. The molecule has 0 fully saturated rings. The predicted molar refractivity (Wildman–Crippen MR) is 208 cm³/mol. The number of hydrogen-bond donors (Lipinski definition) is 0. The van der Waals surface area contributed by atoms with E-state index in [0.717, 1.165) is 6.42 Å². The van der Waals surface area contributed by atoms with Gasteiger partial charge in [-0.1, -0.05) is 127 Å². The predicted octanol–water partition coefficient (Wildman–Crippen LogP) is 7.74. The second-order valence-corrected chi connectivity index (χ2v) is 23.9. The first-order valence-electron chi connectivity index (χ1n) is 17.4. The van der Waals surface area contributed by atoms with Crippen LogP contribution in [0, 0.1) is 0 Å². The van der Waals surface area contributed by atoms with Crippen molar-refractivity contribution in [3.8, 4) is 22.3 Å². The topological polar surface area (TPSA) is 0 Å². The van der Waals surface area contributed by atoms with Gasteiger partial charge in [-0.15, -0.1) is 69.1 Å². The van der Waals surface area contributed by atoms with Gasteiger partial charge in [-0.2, -0.15) is 12.1 Å². The van der Waals surface area contributed by atoms with Gasteiger partial charge < -0.3 is 24.8 Å². The molecule has 258 valence electrons. The van der Waals surface area contributed by atoms with Crippen molar-refractivity contribution in [1.29, 1.82) is 0 Å². The first-order valence-corrected chi connectivity index (χ1v) is 23.6. The van der Waals surface area contributed by atoms with E-state index in [1.54, 1.807) is 23.3 Å². The molecule has 0 heterocycles. The molecule has 6 rings (SSSR count). The van der Waals surface area contributed by atoms with Crippen LogP contribution in [0.25, 0.3) is 43.8 Å². The standard InChI is InChI=1S/C22H25.C21H23.C2H6Si.2ClH.Zr/c1-15(2)18-13-17-7-6-8-20(21(17)14-18)16-9-11-19(12-10-16)22(3,4)5;1-4-15(3)17-9-11-18(12-10-17)20-8-6-7-19-13-16(5-2)14-21(19)20;1-3-2;;;/h6-15H,1-5H3;6-15H,4-5H2,1-3H3;1-2H3;2*1H;/q2*-1;;;;+2/p-2. The van der Waals surface area contributed by atoms with Crippen molar-refractivity contribution in [3.05, 3.63) is 131 Å². The molecule has 0 saturated heterocycles. The van der Waals surface area contributed by atoms with Crippen molar-refractivity contribution >= 4 is 27.0 Å². The summed E-state index contributed by atoms with van der Waals surface area (Å²) in [4.78, 5) is 0. The molecule has 0 aliphatic rings. The molecule has 4 heteroatoms. The summed E-state index contributed by atoms with van der Waals surface area (Å²) in [6.45, 7) is 22.7. The van der Waals surface area contributed by atoms with Crippen LogP contribution in [-0.4, -0.2) is 5.43 Å². The van der Waals surface area contributed by atoms with E-state index in [1.807, 2.05) is 0 Å². The third-order valence-corrected chi connectivity index (χ3v) is 9.12. The van der Waals surface area contributed by atoms with Gasteiger partial charge in [0.05, 0.1) is 0 Å². The minimum Gasteiger partial charge on any atom is -1.00 e. The van der Waals surface area contributed by atoms with Gasteiger partial charge >= 0.3 is 41.9 Å². The van der Waals surface area contributed by atoms with Crippen LogP contribution in [0.15, 0.2) is 109 Å². The third kappa shape index (κ3) is 11.4. The maximum atomic E-state index is 2.35. The van der Waals surface area contributed by atoms with Crippen LogP contribution < -0.4 is 24.8 Å². The van der Waals surface area contributed by atoms with Gasteiger partial charge in [0.2, 0.25) is 0 Å². The van der Waals surface area contributed by atoms with Crippen LogP contribution in [0.3, 0.4) is 0 Å². The van der Waals surface area contributed by atoms with Gasteiger partial charge in [0, 0.05) is 0 Å². The molecule has 0 bridgehead atoms. The Morgan fingerprint density at radius 3 is 1.59 bits per heavy atom. The van der Waals surface area contributed by atoms with Crippen molar-refractivity contribution in [2.24, 2.45) is 0 Å². The van der Waals surface area contributed by atoms with Gasteiger partial charge in [-0.05, 0) is 52.3 Å². The molecule has 49 heavy (non-hydrogen) atoms. The molecule has 0 spiro atoms. The van der Waals surface area contributed by atoms with Crippen LogP contribution in [0.4, 0.5) is 0 Å². The Bertz CT molecular complexity index is 1900. The first kappa shape index (κ1) is 42.9. The molecule has 0 aliphatic carbocycles. The SMILES string of the molecule is CC(C)c1cc2c(-c3ccc(C(C)(C)C)cc3)cccc2[cH-]1.CCc1cc2c(-c3ccc(C(C)CC)cc3)cccc2[cH-]1.C[Si](C)=[Zr+2].[Cl-].[Cl-]. The molecule has 0 saturated carbocycles. The smallest absolute Gasteiger partial charge is 1.00 e. The molecule has 1 atom stereocenters. The number of hydrogen-bond acceptors (Lipinski definition) is 0. The molecule has 6 aromatic rings. The Hall–Kier alpha value is -2.22. The number of rotatable bonds is 6. The monoisotopic (exact) mass is 782 g/mol. The minimum absolute atomic E-state index is 0. The fourth-order valence-electron chi connectivity index (χ4n) is 5.97. The van der Waals surface area contributed by atoms with Gasteiger partial charge in [-0.3, -0.25) is 0 Å². The zero-order chi connectivity index (χ0) is 34.3. The fourth-order valence-corrected chi connectivity index (χ4v) is 5.97. The second-order valence-electron chi connectivity index (χ2n) is 14.5. The quantitative estimate of drug-likeness (QED) is 0.120. The maximum absolute atomic E-state index is 2.35. The van der Waals surface area contributed by atoms with E-state index in [4.69, 9.17) is 0 Å². The summed E-state index contributed by atoms with van der Waals surface area (Å²) in [7, 11) is 0. The van der Waals surface area contributed by atoms with Crippen LogP contribution in [0.5, 0.6) is 0 Å². The zero-order valence-corrected chi connectivity index (χ0v) is 36.2. The molecule has 0 nitrogen and oxygen atoms in total. The van der Waals surface area contributed by atoms with Gasteiger partial charge in [0.1, 0.15) is 0 Å². The molecule has 0 radical (unpaired) electrons. The Labute approximate surface area is 325 Å². The third-order valence-electron chi connectivity index (χ3n) is 9.12. The van der Waals surface area contributed by atoms with E-state index in [1.165, 1.54) is 72.5 Å². The van der Waals surface area contributed by atoms with Crippen LogP contribution in [0.2, 0.25) is 13.1 Å². The normalized spacial score (nSPS) is 11.5. The van der Waals surface area contributed by atoms with Crippen molar-refractivity contribution < 1.29 is 48.1 Å². The van der Waals surface area contributed by atoms with E-state index in [2.05, 4.69) is 178 Å². The molecule has 6 aromatic carbocycles. The fraction of sp³-hybridized carbons (Fsp3) is 0.333. The van der Waals surface area contributed by atoms with E-state index in [0.29, 0.717) is 11.8 Å². The van der Waals surface area contributed by atoms with Crippen LogP contribution in [0.1, 0.15) is 95.9 Å². The maximum Gasteiger partial charge on any atom is -1.00 e. The number of aryl methyl sites for hydroxylation is 1. The van der Waals surface area contributed by atoms with E-state index >= 15 is 0 Å². The Balaban J connectivity index is 0.000000296. The van der Waals surface area contributed by atoms with Crippen molar-refractivity contribution in [2.75, 3.05) is 0 Å². The Kier molecular flexibility index (Phi) is 17.0. The summed E-state index contributed by atoms with van der Waals surface area (Å²) in [6.07, 6.45) is 2.29. The molecule has 0 N–H and O–H groups in total. The molecular formula is C45H54Cl2SiZr-2. The summed E-state index contributed by atoms with van der Waals surface area (Å²) < 4.78 is 0. The molecule has 0 amide bonds. The van der Waals surface area contributed by atoms with Crippen molar-refractivity contribution in [1.82, 2.24) is 0 Å². The largest absolute Gasteiger partial charge is 1.00 e. The number of halogens is 2. The second kappa shape index (κ2) is 19.4. The molecule has 0 aliphatic heterocycles. The van der Waals surface area contributed by atoms with Gasteiger partial charge in [0.25, 0.3) is 0 Å². The van der Waals surface area contributed by atoms with Crippen molar-refractivity contribution in [3.63, 3.8) is 0 Å². The average molecular weight is 785 g/mol. The van der Waals surface area contributed by atoms with Crippen molar-refractivity contribution in [2.45, 2.75) is 98.6 Å². The first-order chi connectivity index (χ1) is 22.3. The average Bonchev–Trinajstić information content (AvgIpc) is 3.69. The number of benzene rings is 4. The van der Waals surface area contributed by atoms with Crippen LogP contribution in [-0.2, 0) is 35.2 Å². The molecule has 0 aromatic heterocycles. The van der Waals surface area contributed by atoms with E-state index in [9.17, 15) is 0 Å². The minimum atomic E-state index is 0. The molecular weight excluding hydrogens is 731 g/mol. The summed E-state index contributed by atoms with van der Waals surface area (Å²) in [5.74, 6) is 1.21. The number of fused-ring (bicyclic) bond motifs is 2. The summed E-state index contributed by atoms with van der Waals surface area (Å²) in [5, 5.41) is 5.46. The van der Waals surface area contributed by atoms with Crippen LogP contribution >= 0.6 is 0 Å². The van der Waals surface area contributed by atoms with E-state index < -0.39 is 0 Å². The molecule has 1 unspecified atom stereocenters. The Morgan fingerprint density at radius 2 is 1.14 bits per heavy atom.